The van der Waals surface area contributed by atoms with Gasteiger partial charge in [-0.25, -0.2) is 16.8 Å². The second kappa shape index (κ2) is 4.80. The molecule has 5 nitrogen and oxygen atoms in total. The van der Waals surface area contributed by atoms with E-state index in [1.54, 1.807) is 0 Å². The summed E-state index contributed by atoms with van der Waals surface area (Å²) in [6.07, 6.45) is 1.00. The monoisotopic (exact) mass is 290 g/mol. The third-order valence-electron chi connectivity index (χ3n) is 2.79. The summed E-state index contributed by atoms with van der Waals surface area (Å²) in [6, 6.07) is 0. The quantitative estimate of drug-likeness (QED) is 0.640. The molecule has 0 aromatic heterocycles. The van der Waals surface area contributed by atoms with Crippen LogP contribution in [0, 0.1) is 0 Å². The van der Waals surface area contributed by atoms with E-state index in [1.807, 2.05) is 0 Å². The molecule has 0 unspecified atom stereocenters. The first-order chi connectivity index (χ1) is 7.22. The van der Waals surface area contributed by atoms with Gasteiger partial charge in [0.2, 0.25) is 9.05 Å². The van der Waals surface area contributed by atoms with Crippen molar-refractivity contribution in [1.82, 2.24) is 0 Å². The van der Waals surface area contributed by atoms with Crippen molar-refractivity contribution in [2.45, 2.75) is 24.0 Å². The number of rotatable bonds is 7. The lowest BCUT2D eigenvalue weighted by Crippen LogP contribution is -2.24. The van der Waals surface area contributed by atoms with Crippen molar-refractivity contribution >= 4 is 29.6 Å². The molecule has 0 amide bonds. The number of hydrogen-bond acceptors (Lipinski definition) is 5. The van der Waals surface area contributed by atoms with E-state index in [0.717, 1.165) is 0 Å². The Morgan fingerprint density at radius 3 is 2.12 bits per heavy atom. The maximum atomic E-state index is 11.5. The van der Waals surface area contributed by atoms with Crippen molar-refractivity contribution in [3.8, 4) is 0 Å². The molecule has 1 fully saturated rings. The van der Waals surface area contributed by atoms with E-state index in [4.69, 9.17) is 10.7 Å². The minimum atomic E-state index is -3.66. The summed E-state index contributed by atoms with van der Waals surface area (Å²) in [4.78, 5) is 0. The van der Waals surface area contributed by atoms with Gasteiger partial charge < -0.3 is 4.74 Å². The molecule has 8 heteroatoms. The van der Waals surface area contributed by atoms with Crippen LogP contribution in [0.1, 0.15) is 19.3 Å². The van der Waals surface area contributed by atoms with E-state index in [0.29, 0.717) is 12.8 Å². The smallest absolute Gasteiger partial charge is 0.238 e. The minimum absolute atomic E-state index is 0.0814. The Morgan fingerprint density at radius 1 is 1.19 bits per heavy atom. The zero-order valence-corrected chi connectivity index (χ0v) is 11.4. The minimum Gasteiger partial charge on any atom is -0.384 e. The standard InChI is InChI=1S/C8H15ClO5S2/c1-14-5-7-15(10,11)6-4-8(2-3-8)16(9,12)13/h2-7H2,1H3. The van der Waals surface area contributed by atoms with Gasteiger partial charge in [0.25, 0.3) is 0 Å². The fourth-order valence-electron chi connectivity index (χ4n) is 1.41. The van der Waals surface area contributed by atoms with Crippen molar-refractivity contribution in [1.29, 1.82) is 0 Å². The molecule has 1 aliphatic rings. The molecule has 0 bridgehead atoms. The molecule has 0 heterocycles. The first-order valence-electron chi connectivity index (χ1n) is 4.86. The topological polar surface area (TPSA) is 77.5 Å². The van der Waals surface area contributed by atoms with Gasteiger partial charge in [-0.1, -0.05) is 0 Å². The van der Waals surface area contributed by atoms with Crippen molar-refractivity contribution in [2.24, 2.45) is 0 Å². The molecular weight excluding hydrogens is 276 g/mol. The second-order valence-electron chi connectivity index (χ2n) is 4.02. The Kier molecular flexibility index (Phi) is 4.26. The van der Waals surface area contributed by atoms with Crippen LogP contribution in [-0.2, 0) is 23.6 Å². The molecule has 0 aliphatic heterocycles. The molecule has 1 saturated carbocycles. The summed E-state index contributed by atoms with van der Waals surface area (Å²) >= 11 is 0. The van der Waals surface area contributed by atoms with Crippen LogP contribution in [0.4, 0.5) is 0 Å². The molecule has 1 aliphatic carbocycles. The van der Waals surface area contributed by atoms with Gasteiger partial charge in [0.1, 0.15) is 0 Å². The molecule has 0 saturated heterocycles. The molecule has 0 radical (unpaired) electrons. The van der Waals surface area contributed by atoms with Gasteiger partial charge >= 0.3 is 0 Å². The predicted octanol–water partition coefficient (Wildman–Crippen LogP) is 0.539. The highest BCUT2D eigenvalue weighted by Crippen LogP contribution is 2.48. The lowest BCUT2D eigenvalue weighted by atomic mass is 10.3. The number of methoxy groups -OCH3 is 1. The number of sulfone groups is 1. The van der Waals surface area contributed by atoms with Crippen LogP contribution in [0.3, 0.4) is 0 Å². The van der Waals surface area contributed by atoms with Gasteiger partial charge in [-0.15, -0.1) is 0 Å². The van der Waals surface area contributed by atoms with Crippen LogP contribution in [-0.4, -0.2) is 46.8 Å². The van der Waals surface area contributed by atoms with Gasteiger partial charge in [0.15, 0.2) is 9.84 Å². The summed E-state index contributed by atoms with van der Waals surface area (Å²) < 4.78 is 49.0. The highest BCUT2D eigenvalue weighted by atomic mass is 35.7. The Morgan fingerprint density at radius 2 is 1.75 bits per heavy atom. The van der Waals surface area contributed by atoms with E-state index >= 15 is 0 Å². The van der Waals surface area contributed by atoms with E-state index in [1.165, 1.54) is 7.11 Å². The molecule has 0 N–H and O–H groups in total. The van der Waals surface area contributed by atoms with Crippen LogP contribution < -0.4 is 0 Å². The van der Waals surface area contributed by atoms with Crippen LogP contribution in [0.2, 0.25) is 0 Å². The molecule has 1 rings (SSSR count). The average molecular weight is 291 g/mol. The fourth-order valence-corrected chi connectivity index (χ4v) is 4.49. The number of halogens is 1. The van der Waals surface area contributed by atoms with Crippen molar-refractivity contribution < 1.29 is 21.6 Å². The van der Waals surface area contributed by atoms with Crippen LogP contribution >= 0.6 is 10.7 Å². The molecule has 96 valence electrons. The summed E-state index contributed by atoms with van der Waals surface area (Å²) in [5.41, 5.74) is 0. The highest BCUT2D eigenvalue weighted by molar-refractivity contribution is 8.15. The summed E-state index contributed by atoms with van der Waals surface area (Å²) in [6.45, 7) is 0.128. The molecule has 0 spiro atoms. The summed E-state index contributed by atoms with van der Waals surface area (Å²) in [5, 5.41) is 0. The van der Waals surface area contributed by atoms with Crippen LogP contribution in [0.5, 0.6) is 0 Å². The molecule has 0 atom stereocenters. The third kappa shape index (κ3) is 3.58. The lowest BCUT2D eigenvalue weighted by Gasteiger charge is -2.10. The molecular formula is C8H15ClO5S2. The Labute approximate surface area is 100 Å². The van der Waals surface area contributed by atoms with Crippen molar-refractivity contribution in [3.63, 3.8) is 0 Å². The van der Waals surface area contributed by atoms with Gasteiger partial charge in [-0.3, -0.25) is 0 Å². The van der Waals surface area contributed by atoms with E-state index in [-0.39, 0.29) is 24.5 Å². The van der Waals surface area contributed by atoms with E-state index in [2.05, 4.69) is 4.74 Å². The maximum Gasteiger partial charge on any atom is 0.238 e. The van der Waals surface area contributed by atoms with Gasteiger partial charge in [0, 0.05) is 17.8 Å². The van der Waals surface area contributed by atoms with Crippen molar-refractivity contribution in [2.75, 3.05) is 25.2 Å². The lowest BCUT2D eigenvalue weighted by molar-refractivity contribution is 0.217. The fraction of sp³-hybridized carbons (Fsp3) is 1.00. The molecule has 16 heavy (non-hydrogen) atoms. The highest BCUT2D eigenvalue weighted by Gasteiger charge is 2.53. The Hall–Kier alpha value is 0.150. The van der Waals surface area contributed by atoms with E-state index < -0.39 is 23.6 Å². The van der Waals surface area contributed by atoms with Gasteiger partial charge in [0.05, 0.1) is 22.9 Å². The van der Waals surface area contributed by atoms with Crippen LogP contribution in [0.15, 0.2) is 0 Å². The Bertz CT molecular complexity index is 435. The predicted molar refractivity (Wildman–Crippen MR) is 61.9 cm³/mol. The van der Waals surface area contributed by atoms with Crippen LogP contribution in [0.25, 0.3) is 0 Å². The normalized spacial score (nSPS) is 19.6. The SMILES string of the molecule is COCCS(=O)(=O)CCC1(S(=O)(=O)Cl)CC1. The number of ether oxygens (including phenoxy) is 1. The summed E-state index contributed by atoms with van der Waals surface area (Å²) in [7, 11) is -0.212. The second-order valence-corrected chi connectivity index (χ2v) is 9.28. The molecule has 0 aromatic carbocycles. The zero-order valence-electron chi connectivity index (χ0n) is 8.98. The van der Waals surface area contributed by atoms with Gasteiger partial charge in [-0.2, -0.15) is 0 Å². The zero-order chi connectivity index (χ0) is 12.4. The van der Waals surface area contributed by atoms with Gasteiger partial charge in [-0.05, 0) is 19.3 Å². The third-order valence-corrected chi connectivity index (χ3v) is 7.04. The first kappa shape index (κ1) is 14.2. The largest absolute Gasteiger partial charge is 0.384 e. The maximum absolute atomic E-state index is 11.5. The van der Waals surface area contributed by atoms with Crippen molar-refractivity contribution in [3.05, 3.63) is 0 Å². The Balaban J connectivity index is 2.53. The number of hydrogen-bond donors (Lipinski definition) is 0. The van der Waals surface area contributed by atoms with E-state index in [9.17, 15) is 16.8 Å². The first-order valence-corrected chi connectivity index (χ1v) is 8.99. The molecule has 0 aromatic rings. The average Bonchev–Trinajstić information content (AvgIpc) is 2.92. The summed E-state index contributed by atoms with van der Waals surface area (Å²) in [5.74, 6) is -0.232.